The lowest BCUT2D eigenvalue weighted by Crippen LogP contribution is -2.26. The Hall–Kier alpha value is -2.43. The van der Waals surface area contributed by atoms with Crippen LogP contribution in [0.1, 0.15) is 42.2 Å². The van der Waals surface area contributed by atoms with Gasteiger partial charge in [-0.05, 0) is 24.8 Å². The first-order valence-corrected chi connectivity index (χ1v) is 8.17. The zero-order chi connectivity index (χ0) is 16.3. The highest BCUT2D eigenvalue weighted by Gasteiger charge is 2.07. The third-order valence-electron chi connectivity index (χ3n) is 3.51. The predicted octanol–water partition coefficient (Wildman–Crippen LogP) is 3.05. The summed E-state index contributed by atoms with van der Waals surface area (Å²) in [5, 5.41) is 6.11. The number of carbonyl (C=O) groups excluding carboxylic acids is 1. The minimum atomic E-state index is -0.154. The summed E-state index contributed by atoms with van der Waals surface area (Å²) in [6.45, 7) is 3.62. The molecule has 2 rings (SSSR count). The Morgan fingerprint density at radius 2 is 1.91 bits per heavy atom. The molecule has 0 spiro atoms. The molecule has 1 heterocycles. The Morgan fingerprint density at radius 1 is 1.09 bits per heavy atom. The van der Waals surface area contributed by atoms with Crippen molar-refractivity contribution >= 4 is 11.7 Å². The van der Waals surface area contributed by atoms with Crippen LogP contribution in [-0.2, 0) is 6.42 Å². The molecule has 0 aliphatic carbocycles. The first kappa shape index (κ1) is 16.9. The topological polar surface area (TPSA) is 66.9 Å². The third kappa shape index (κ3) is 6.06. The highest BCUT2D eigenvalue weighted by atomic mass is 16.1. The molecule has 0 saturated carbocycles. The lowest BCUT2D eigenvalue weighted by Gasteiger charge is -2.07. The zero-order valence-electron chi connectivity index (χ0n) is 13.6. The van der Waals surface area contributed by atoms with Gasteiger partial charge in [-0.25, -0.2) is 9.97 Å². The predicted molar refractivity (Wildman–Crippen MR) is 92.5 cm³/mol. The van der Waals surface area contributed by atoms with Gasteiger partial charge in [0.15, 0.2) is 0 Å². The van der Waals surface area contributed by atoms with Gasteiger partial charge >= 0.3 is 0 Å². The average molecular weight is 312 g/mol. The molecule has 122 valence electrons. The number of unbranched alkanes of at least 4 members (excludes halogenated alkanes) is 1. The van der Waals surface area contributed by atoms with E-state index >= 15 is 0 Å². The summed E-state index contributed by atoms with van der Waals surface area (Å²) in [4.78, 5) is 20.3. The average Bonchev–Trinajstić information content (AvgIpc) is 2.60. The molecule has 23 heavy (non-hydrogen) atoms. The number of nitrogens with one attached hydrogen (secondary N) is 2. The number of aromatic nitrogens is 2. The first-order chi connectivity index (χ1) is 11.3. The smallest absolute Gasteiger partial charge is 0.270 e. The third-order valence-corrected chi connectivity index (χ3v) is 3.51. The normalized spacial score (nSPS) is 10.3. The van der Waals surface area contributed by atoms with E-state index in [2.05, 4.69) is 39.7 Å². The highest BCUT2D eigenvalue weighted by molar-refractivity contribution is 5.92. The summed E-state index contributed by atoms with van der Waals surface area (Å²) in [6.07, 6.45) is 5.47. The fourth-order valence-electron chi connectivity index (χ4n) is 2.20. The van der Waals surface area contributed by atoms with Gasteiger partial charge in [0.05, 0.1) is 0 Å². The monoisotopic (exact) mass is 312 g/mol. The van der Waals surface area contributed by atoms with Crippen molar-refractivity contribution in [3.05, 3.63) is 54.0 Å². The Balaban J connectivity index is 1.75. The van der Waals surface area contributed by atoms with Crippen molar-refractivity contribution < 1.29 is 4.79 Å². The van der Waals surface area contributed by atoms with Crippen LogP contribution in [0.5, 0.6) is 0 Å². The zero-order valence-corrected chi connectivity index (χ0v) is 13.6. The molecule has 5 nitrogen and oxygen atoms in total. The lowest BCUT2D eigenvalue weighted by molar-refractivity contribution is 0.0948. The summed E-state index contributed by atoms with van der Waals surface area (Å²) in [5.41, 5.74) is 1.69. The van der Waals surface area contributed by atoms with Crippen molar-refractivity contribution in [1.29, 1.82) is 0 Å². The van der Waals surface area contributed by atoms with Crippen molar-refractivity contribution in [2.45, 2.75) is 32.6 Å². The van der Waals surface area contributed by atoms with Crippen LogP contribution in [0.2, 0.25) is 0 Å². The molecule has 0 aliphatic rings. The van der Waals surface area contributed by atoms with E-state index in [1.807, 2.05) is 18.2 Å². The number of amides is 1. The van der Waals surface area contributed by atoms with Crippen molar-refractivity contribution in [2.75, 3.05) is 18.4 Å². The standard InChI is InChI=1S/C18H24N4O/c1-2-3-11-19-17-13-16(21-14-22-17)18(23)20-12-7-10-15-8-5-4-6-9-15/h4-6,8-9,13-14H,2-3,7,10-12H2,1H3,(H,20,23)(H,19,21,22). The number of aryl methyl sites for hydroxylation is 1. The minimum Gasteiger partial charge on any atom is -0.370 e. The van der Waals surface area contributed by atoms with Crippen LogP contribution in [0.3, 0.4) is 0 Å². The Bertz CT molecular complexity index is 601. The Labute approximate surface area is 137 Å². The van der Waals surface area contributed by atoms with Crippen LogP contribution < -0.4 is 10.6 Å². The quantitative estimate of drug-likeness (QED) is 0.698. The van der Waals surface area contributed by atoms with Crippen molar-refractivity contribution in [2.24, 2.45) is 0 Å². The fraction of sp³-hybridized carbons (Fsp3) is 0.389. The van der Waals surface area contributed by atoms with Crippen LogP contribution >= 0.6 is 0 Å². The molecular weight excluding hydrogens is 288 g/mol. The summed E-state index contributed by atoms with van der Waals surface area (Å²) in [7, 11) is 0. The minimum absolute atomic E-state index is 0.154. The molecule has 0 saturated heterocycles. The summed E-state index contributed by atoms with van der Waals surface area (Å²) in [6, 6.07) is 12.0. The molecule has 0 unspecified atom stereocenters. The molecule has 5 heteroatoms. The molecular formula is C18H24N4O. The maximum absolute atomic E-state index is 12.1. The van der Waals surface area contributed by atoms with Crippen LogP contribution in [0.4, 0.5) is 5.82 Å². The van der Waals surface area contributed by atoms with E-state index in [1.54, 1.807) is 6.07 Å². The van der Waals surface area contributed by atoms with Gasteiger partial charge in [-0.2, -0.15) is 0 Å². The molecule has 0 bridgehead atoms. The molecule has 0 radical (unpaired) electrons. The van der Waals surface area contributed by atoms with E-state index in [9.17, 15) is 4.79 Å². The first-order valence-electron chi connectivity index (χ1n) is 8.17. The maximum Gasteiger partial charge on any atom is 0.270 e. The molecule has 0 aliphatic heterocycles. The van der Waals surface area contributed by atoms with E-state index in [1.165, 1.54) is 11.9 Å². The molecule has 2 aromatic rings. The van der Waals surface area contributed by atoms with Gasteiger partial charge in [0.25, 0.3) is 5.91 Å². The summed E-state index contributed by atoms with van der Waals surface area (Å²) < 4.78 is 0. The number of hydrogen-bond donors (Lipinski definition) is 2. The molecule has 1 amide bonds. The molecule has 2 N–H and O–H groups in total. The van der Waals surface area contributed by atoms with E-state index < -0.39 is 0 Å². The van der Waals surface area contributed by atoms with Crippen molar-refractivity contribution in [1.82, 2.24) is 15.3 Å². The van der Waals surface area contributed by atoms with E-state index in [0.717, 1.165) is 32.2 Å². The van der Waals surface area contributed by atoms with Crippen molar-refractivity contribution in [3.8, 4) is 0 Å². The highest BCUT2D eigenvalue weighted by Crippen LogP contribution is 2.05. The van der Waals surface area contributed by atoms with Crippen LogP contribution in [-0.4, -0.2) is 29.0 Å². The second kappa shape index (κ2) is 9.56. The van der Waals surface area contributed by atoms with E-state index in [0.29, 0.717) is 18.1 Å². The number of anilines is 1. The largest absolute Gasteiger partial charge is 0.370 e. The maximum atomic E-state index is 12.1. The molecule has 1 aromatic carbocycles. The van der Waals surface area contributed by atoms with Crippen molar-refractivity contribution in [3.63, 3.8) is 0 Å². The number of carbonyl (C=O) groups is 1. The van der Waals surface area contributed by atoms with Gasteiger partial charge in [-0.15, -0.1) is 0 Å². The van der Waals surface area contributed by atoms with Gasteiger partial charge in [0.2, 0.25) is 0 Å². The molecule has 0 fully saturated rings. The molecule has 1 aromatic heterocycles. The summed E-state index contributed by atoms with van der Waals surface area (Å²) >= 11 is 0. The Kier molecular flexibility index (Phi) is 7.04. The number of nitrogens with zero attached hydrogens (tertiary/aromatic N) is 2. The summed E-state index contributed by atoms with van der Waals surface area (Å²) in [5.74, 6) is 0.543. The van der Waals surface area contributed by atoms with Gasteiger partial charge in [-0.3, -0.25) is 4.79 Å². The van der Waals surface area contributed by atoms with E-state index in [4.69, 9.17) is 0 Å². The van der Waals surface area contributed by atoms with Gasteiger partial charge in [0.1, 0.15) is 17.8 Å². The fourth-order valence-corrected chi connectivity index (χ4v) is 2.20. The van der Waals surface area contributed by atoms with E-state index in [-0.39, 0.29) is 5.91 Å². The second-order valence-electron chi connectivity index (χ2n) is 5.41. The Morgan fingerprint density at radius 3 is 2.70 bits per heavy atom. The van der Waals surface area contributed by atoms with Gasteiger partial charge < -0.3 is 10.6 Å². The van der Waals surface area contributed by atoms with Crippen LogP contribution in [0.15, 0.2) is 42.7 Å². The second-order valence-corrected chi connectivity index (χ2v) is 5.41. The molecule has 0 atom stereocenters. The van der Waals surface area contributed by atoms with Gasteiger partial charge in [-0.1, -0.05) is 43.7 Å². The SMILES string of the molecule is CCCCNc1cc(C(=O)NCCCc2ccccc2)ncn1. The van der Waals surface area contributed by atoms with Gasteiger partial charge in [0, 0.05) is 19.2 Å². The lowest BCUT2D eigenvalue weighted by atomic mass is 10.1. The van der Waals surface area contributed by atoms with Crippen LogP contribution in [0, 0.1) is 0 Å². The number of rotatable bonds is 9. The number of hydrogen-bond acceptors (Lipinski definition) is 4. The van der Waals surface area contributed by atoms with Crippen LogP contribution in [0.25, 0.3) is 0 Å². The number of benzene rings is 1.